The van der Waals surface area contributed by atoms with Gasteiger partial charge in [0.05, 0.1) is 24.8 Å². The minimum Gasteiger partial charge on any atom is -0.497 e. The SMILES string of the molecule is COc1ccc(NC(=O)/C(C#N)=C\Nc2cc([N+](=O)[O-])ccc2OC)cc1. The maximum Gasteiger partial charge on any atom is 0.271 e. The highest BCUT2D eigenvalue weighted by atomic mass is 16.6. The quantitative estimate of drug-likeness (QED) is 0.333. The number of amides is 1. The average Bonchev–Trinajstić information content (AvgIpc) is 2.68. The molecule has 2 N–H and O–H groups in total. The van der Waals surface area contributed by atoms with Crippen molar-refractivity contribution in [1.29, 1.82) is 5.26 Å². The Bertz CT molecular complexity index is 916. The summed E-state index contributed by atoms with van der Waals surface area (Å²) in [5.74, 6) is 0.313. The van der Waals surface area contributed by atoms with Gasteiger partial charge in [-0.15, -0.1) is 0 Å². The standard InChI is InChI=1S/C18H16N4O5/c1-26-15-6-3-13(4-7-15)21-18(23)12(10-19)11-20-16-9-14(22(24)25)5-8-17(16)27-2/h3-9,11,20H,1-2H3,(H,21,23)/b12-11-. The van der Waals surface area contributed by atoms with Crippen LogP contribution in [0.25, 0.3) is 0 Å². The van der Waals surface area contributed by atoms with Crippen molar-refractivity contribution < 1.29 is 19.2 Å². The topological polar surface area (TPSA) is 127 Å². The van der Waals surface area contributed by atoms with E-state index in [1.807, 2.05) is 0 Å². The Morgan fingerprint density at radius 1 is 1.19 bits per heavy atom. The van der Waals surface area contributed by atoms with E-state index in [1.54, 1.807) is 30.3 Å². The number of hydrogen-bond acceptors (Lipinski definition) is 7. The molecule has 0 unspecified atom stereocenters. The van der Waals surface area contributed by atoms with Crippen LogP contribution in [-0.4, -0.2) is 25.1 Å². The van der Waals surface area contributed by atoms with Crippen LogP contribution in [0.2, 0.25) is 0 Å². The number of benzene rings is 2. The smallest absolute Gasteiger partial charge is 0.271 e. The molecule has 0 saturated heterocycles. The second kappa shape index (κ2) is 8.87. The van der Waals surface area contributed by atoms with Crippen LogP contribution in [0.1, 0.15) is 0 Å². The lowest BCUT2D eigenvalue weighted by atomic mass is 10.2. The number of nitriles is 1. The van der Waals surface area contributed by atoms with Crippen molar-refractivity contribution in [2.75, 3.05) is 24.9 Å². The van der Waals surface area contributed by atoms with Gasteiger partial charge in [-0.05, 0) is 30.3 Å². The predicted octanol–water partition coefficient (Wildman–Crippen LogP) is 3.07. The van der Waals surface area contributed by atoms with Crippen molar-refractivity contribution in [2.24, 2.45) is 0 Å². The summed E-state index contributed by atoms with van der Waals surface area (Å²) in [6.45, 7) is 0. The van der Waals surface area contributed by atoms with Gasteiger partial charge in [0.2, 0.25) is 0 Å². The number of hydrogen-bond donors (Lipinski definition) is 2. The number of rotatable bonds is 7. The molecular formula is C18H16N4O5. The normalized spacial score (nSPS) is 10.5. The molecule has 0 aliphatic rings. The molecule has 0 heterocycles. The van der Waals surface area contributed by atoms with Crippen molar-refractivity contribution in [2.45, 2.75) is 0 Å². The van der Waals surface area contributed by atoms with E-state index < -0.39 is 10.8 Å². The number of nitro groups is 1. The molecule has 1 amide bonds. The van der Waals surface area contributed by atoms with E-state index in [9.17, 15) is 20.2 Å². The van der Waals surface area contributed by atoms with Gasteiger partial charge in [0, 0.05) is 24.0 Å². The van der Waals surface area contributed by atoms with E-state index in [1.165, 1.54) is 32.4 Å². The second-order valence-electron chi connectivity index (χ2n) is 5.14. The van der Waals surface area contributed by atoms with Gasteiger partial charge < -0.3 is 20.1 Å². The largest absolute Gasteiger partial charge is 0.497 e. The summed E-state index contributed by atoms with van der Waals surface area (Å²) in [7, 11) is 2.93. The van der Waals surface area contributed by atoms with E-state index in [-0.39, 0.29) is 16.9 Å². The van der Waals surface area contributed by atoms with E-state index >= 15 is 0 Å². The van der Waals surface area contributed by atoms with Gasteiger partial charge in [-0.25, -0.2) is 0 Å². The van der Waals surface area contributed by atoms with Gasteiger partial charge in [-0.3, -0.25) is 14.9 Å². The predicted molar refractivity (Wildman–Crippen MR) is 98.6 cm³/mol. The van der Waals surface area contributed by atoms with E-state index in [2.05, 4.69) is 10.6 Å². The van der Waals surface area contributed by atoms with Crippen LogP contribution in [0, 0.1) is 21.4 Å². The lowest BCUT2D eigenvalue weighted by molar-refractivity contribution is -0.384. The number of carbonyl (C=O) groups excluding carboxylic acids is 1. The third kappa shape index (κ3) is 4.96. The van der Waals surface area contributed by atoms with Crippen LogP contribution in [0.5, 0.6) is 11.5 Å². The number of methoxy groups -OCH3 is 2. The van der Waals surface area contributed by atoms with Gasteiger partial charge in [-0.1, -0.05) is 0 Å². The maximum atomic E-state index is 12.2. The van der Waals surface area contributed by atoms with Gasteiger partial charge in [0.15, 0.2) is 0 Å². The molecule has 0 radical (unpaired) electrons. The molecular weight excluding hydrogens is 352 g/mol. The molecule has 0 aliphatic heterocycles. The fourth-order valence-electron chi connectivity index (χ4n) is 2.09. The van der Waals surface area contributed by atoms with Crippen LogP contribution in [0.4, 0.5) is 17.1 Å². The molecule has 2 rings (SSSR count). The van der Waals surface area contributed by atoms with Crippen molar-refractivity contribution in [3.63, 3.8) is 0 Å². The highest BCUT2D eigenvalue weighted by Crippen LogP contribution is 2.29. The Hall–Kier alpha value is -4.06. The summed E-state index contributed by atoms with van der Waals surface area (Å²) in [5, 5.41) is 25.4. The zero-order valence-corrected chi connectivity index (χ0v) is 14.6. The van der Waals surface area contributed by atoms with Crippen LogP contribution in [-0.2, 0) is 4.79 Å². The first kappa shape index (κ1) is 19.3. The van der Waals surface area contributed by atoms with Crippen LogP contribution < -0.4 is 20.1 Å². The molecule has 0 bridgehead atoms. The highest BCUT2D eigenvalue weighted by Gasteiger charge is 2.13. The molecule has 2 aromatic carbocycles. The first-order valence-corrected chi connectivity index (χ1v) is 7.63. The molecule has 0 saturated carbocycles. The summed E-state index contributed by atoms with van der Waals surface area (Å²) in [6.07, 6.45) is 1.15. The van der Waals surface area contributed by atoms with Gasteiger partial charge in [-0.2, -0.15) is 5.26 Å². The Kier molecular flexibility index (Phi) is 6.33. The molecule has 138 valence electrons. The minimum atomic E-state index is -0.639. The Morgan fingerprint density at radius 2 is 1.89 bits per heavy atom. The van der Waals surface area contributed by atoms with E-state index in [0.717, 1.165) is 6.20 Å². The lowest BCUT2D eigenvalue weighted by Gasteiger charge is -2.09. The van der Waals surface area contributed by atoms with Crippen LogP contribution >= 0.6 is 0 Å². The number of non-ortho nitro benzene ring substituents is 1. The average molecular weight is 368 g/mol. The van der Waals surface area contributed by atoms with Gasteiger partial charge in [0.25, 0.3) is 11.6 Å². The number of anilines is 2. The number of ether oxygens (including phenoxy) is 2. The summed E-state index contributed by atoms with van der Waals surface area (Å²) >= 11 is 0. The molecule has 9 heteroatoms. The fraction of sp³-hybridized carbons (Fsp3) is 0.111. The summed E-state index contributed by atoms with van der Waals surface area (Å²) in [4.78, 5) is 22.6. The third-order valence-corrected chi connectivity index (χ3v) is 3.48. The summed E-state index contributed by atoms with van der Waals surface area (Å²) < 4.78 is 10.1. The Morgan fingerprint density at radius 3 is 2.44 bits per heavy atom. The minimum absolute atomic E-state index is 0.159. The van der Waals surface area contributed by atoms with Crippen molar-refractivity contribution in [3.05, 3.63) is 64.4 Å². The van der Waals surface area contributed by atoms with Gasteiger partial charge >= 0.3 is 0 Å². The Balaban J connectivity index is 2.18. The molecule has 0 aliphatic carbocycles. The first-order valence-electron chi connectivity index (χ1n) is 7.63. The monoisotopic (exact) mass is 368 g/mol. The van der Waals surface area contributed by atoms with E-state index in [0.29, 0.717) is 17.2 Å². The first-order chi connectivity index (χ1) is 13.0. The molecule has 0 fully saturated rings. The number of nitrogens with zero attached hydrogens (tertiary/aromatic N) is 2. The number of nitrogens with one attached hydrogen (secondary N) is 2. The second-order valence-corrected chi connectivity index (χ2v) is 5.14. The number of carbonyl (C=O) groups is 1. The Labute approximate surface area is 155 Å². The fourth-order valence-corrected chi connectivity index (χ4v) is 2.09. The van der Waals surface area contributed by atoms with Crippen LogP contribution in [0.3, 0.4) is 0 Å². The van der Waals surface area contributed by atoms with Crippen molar-refractivity contribution in [1.82, 2.24) is 0 Å². The highest BCUT2D eigenvalue weighted by molar-refractivity contribution is 6.06. The lowest BCUT2D eigenvalue weighted by Crippen LogP contribution is -2.14. The van der Waals surface area contributed by atoms with Crippen LogP contribution in [0.15, 0.2) is 54.2 Å². The van der Waals surface area contributed by atoms with Crippen molar-refractivity contribution in [3.8, 4) is 17.6 Å². The van der Waals surface area contributed by atoms with Crippen molar-refractivity contribution >= 4 is 23.0 Å². The summed E-state index contributed by atoms with van der Waals surface area (Å²) in [5.41, 5.74) is 0.346. The molecule has 0 aromatic heterocycles. The molecule has 0 atom stereocenters. The number of nitro benzene ring substituents is 1. The molecule has 27 heavy (non-hydrogen) atoms. The summed E-state index contributed by atoms with van der Waals surface area (Å²) in [6, 6.07) is 12.3. The zero-order valence-electron chi connectivity index (χ0n) is 14.6. The molecule has 9 nitrogen and oxygen atoms in total. The van der Waals surface area contributed by atoms with E-state index in [4.69, 9.17) is 9.47 Å². The maximum absolute atomic E-state index is 12.2. The molecule has 0 spiro atoms. The molecule has 2 aromatic rings. The third-order valence-electron chi connectivity index (χ3n) is 3.48. The zero-order chi connectivity index (χ0) is 19.8. The van der Waals surface area contributed by atoms with Gasteiger partial charge in [0.1, 0.15) is 23.1 Å².